The van der Waals surface area contributed by atoms with Gasteiger partial charge in [0.25, 0.3) is 5.92 Å². The van der Waals surface area contributed by atoms with Gasteiger partial charge in [-0.25, -0.2) is 8.78 Å². The summed E-state index contributed by atoms with van der Waals surface area (Å²) >= 11 is 0. The van der Waals surface area contributed by atoms with Crippen molar-refractivity contribution in [2.45, 2.75) is 50.3 Å². The highest BCUT2D eigenvalue weighted by Crippen LogP contribution is 2.35. The van der Waals surface area contributed by atoms with Crippen LogP contribution in [0.3, 0.4) is 0 Å². The number of aliphatic hydroxyl groups is 1. The average molecular weight is 255 g/mol. The Morgan fingerprint density at radius 1 is 1.33 bits per heavy atom. The van der Waals surface area contributed by atoms with Crippen LogP contribution in [-0.2, 0) is 0 Å². The minimum Gasteiger partial charge on any atom is -0.391 e. The SMILES string of the molecule is CC(N[C@H]1[C@@H](O)CCCC1(F)F)c1ccccc1. The molecule has 1 aliphatic rings. The molecule has 0 bridgehead atoms. The predicted octanol–water partition coefficient (Wildman–Crippen LogP) is 2.89. The molecule has 1 saturated carbocycles. The summed E-state index contributed by atoms with van der Waals surface area (Å²) in [4.78, 5) is 0. The number of hydrogen-bond acceptors (Lipinski definition) is 2. The van der Waals surface area contributed by atoms with Crippen LogP contribution < -0.4 is 5.32 Å². The maximum absolute atomic E-state index is 13.8. The zero-order valence-electron chi connectivity index (χ0n) is 10.4. The summed E-state index contributed by atoms with van der Waals surface area (Å²) in [7, 11) is 0. The van der Waals surface area contributed by atoms with Crippen LogP contribution in [0.4, 0.5) is 8.78 Å². The number of hydrogen-bond donors (Lipinski definition) is 2. The number of nitrogens with one attached hydrogen (secondary N) is 1. The number of aliphatic hydroxyl groups excluding tert-OH is 1. The maximum atomic E-state index is 13.8. The van der Waals surface area contributed by atoms with Crippen molar-refractivity contribution in [2.24, 2.45) is 0 Å². The van der Waals surface area contributed by atoms with E-state index in [9.17, 15) is 13.9 Å². The van der Waals surface area contributed by atoms with E-state index in [4.69, 9.17) is 0 Å². The first-order valence-electron chi connectivity index (χ1n) is 6.37. The van der Waals surface area contributed by atoms with Gasteiger partial charge in [0.05, 0.1) is 12.1 Å². The smallest absolute Gasteiger partial charge is 0.265 e. The Balaban J connectivity index is 2.07. The molecule has 0 heterocycles. The molecule has 1 aliphatic carbocycles. The minimum atomic E-state index is -2.83. The van der Waals surface area contributed by atoms with E-state index in [1.165, 1.54) is 0 Å². The minimum absolute atomic E-state index is 0.150. The lowest BCUT2D eigenvalue weighted by Crippen LogP contribution is -2.55. The van der Waals surface area contributed by atoms with Gasteiger partial charge in [0.2, 0.25) is 0 Å². The van der Waals surface area contributed by atoms with Crippen LogP contribution >= 0.6 is 0 Å². The van der Waals surface area contributed by atoms with E-state index in [0.717, 1.165) is 5.56 Å². The van der Waals surface area contributed by atoms with Gasteiger partial charge < -0.3 is 5.11 Å². The Morgan fingerprint density at radius 3 is 2.61 bits per heavy atom. The number of benzene rings is 1. The summed E-state index contributed by atoms with van der Waals surface area (Å²) in [5.41, 5.74) is 0.950. The molecule has 18 heavy (non-hydrogen) atoms. The van der Waals surface area contributed by atoms with Gasteiger partial charge in [-0.1, -0.05) is 30.3 Å². The second kappa shape index (κ2) is 5.33. The monoisotopic (exact) mass is 255 g/mol. The summed E-state index contributed by atoms with van der Waals surface area (Å²) in [5, 5.41) is 12.6. The normalized spacial score (nSPS) is 28.9. The lowest BCUT2D eigenvalue weighted by Gasteiger charge is -2.37. The lowest BCUT2D eigenvalue weighted by molar-refractivity contribution is -0.111. The molecule has 2 rings (SSSR count). The van der Waals surface area contributed by atoms with Crippen LogP contribution in [0.15, 0.2) is 30.3 Å². The van der Waals surface area contributed by atoms with Gasteiger partial charge in [-0.15, -0.1) is 0 Å². The van der Waals surface area contributed by atoms with E-state index in [0.29, 0.717) is 12.8 Å². The predicted molar refractivity (Wildman–Crippen MR) is 66.6 cm³/mol. The molecular formula is C14H19F2NO. The molecule has 0 spiro atoms. The first-order valence-corrected chi connectivity index (χ1v) is 6.37. The van der Waals surface area contributed by atoms with Gasteiger partial charge in [0, 0.05) is 12.5 Å². The second-order valence-corrected chi connectivity index (χ2v) is 5.00. The van der Waals surface area contributed by atoms with Gasteiger partial charge in [-0.05, 0) is 25.3 Å². The molecule has 0 aromatic heterocycles. The van der Waals surface area contributed by atoms with Gasteiger partial charge in [-0.3, -0.25) is 5.32 Å². The van der Waals surface area contributed by atoms with Crippen molar-refractivity contribution in [1.29, 1.82) is 0 Å². The number of rotatable bonds is 3. The molecule has 100 valence electrons. The quantitative estimate of drug-likeness (QED) is 0.870. The molecule has 1 unspecified atom stereocenters. The van der Waals surface area contributed by atoms with Crippen LogP contribution in [-0.4, -0.2) is 23.2 Å². The van der Waals surface area contributed by atoms with Crippen LogP contribution in [0, 0.1) is 0 Å². The van der Waals surface area contributed by atoms with Crippen molar-refractivity contribution < 1.29 is 13.9 Å². The molecule has 3 atom stereocenters. The Bertz CT molecular complexity index is 383. The highest BCUT2D eigenvalue weighted by molar-refractivity contribution is 5.18. The van der Waals surface area contributed by atoms with Gasteiger partial charge >= 0.3 is 0 Å². The van der Waals surface area contributed by atoms with E-state index in [2.05, 4.69) is 5.32 Å². The lowest BCUT2D eigenvalue weighted by atomic mass is 9.88. The van der Waals surface area contributed by atoms with E-state index < -0.39 is 18.1 Å². The molecular weight excluding hydrogens is 236 g/mol. The highest BCUT2D eigenvalue weighted by Gasteiger charge is 2.46. The molecule has 0 aliphatic heterocycles. The first kappa shape index (κ1) is 13.4. The van der Waals surface area contributed by atoms with Crippen LogP contribution in [0.2, 0.25) is 0 Å². The highest BCUT2D eigenvalue weighted by atomic mass is 19.3. The van der Waals surface area contributed by atoms with Gasteiger partial charge in [0.1, 0.15) is 0 Å². The van der Waals surface area contributed by atoms with E-state index in [1.54, 1.807) is 0 Å². The third-order valence-electron chi connectivity index (χ3n) is 3.58. The van der Waals surface area contributed by atoms with Crippen molar-refractivity contribution >= 4 is 0 Å². The third kappa shape index (κ3) is 2.87. The Labute approximate surface area is 106 Å². The molecule has 0 radical (unpaired) electrons. The fraction of sp³-hybridized carbons (Fsp3) is 0.571. The number of alkyl halides is 2. The molecule has 4 heteroatoms. The van der Waals surface area contributed by atoms with Crippen molar-refractivity contribution in [3.63, 3.8) is 0 Å². The molecule has 1 fully saturated rings. The third-order valence-corrected chi connectivity index (χ3v) is 3.58. The standard InChI is InChI=1S/C14H19F2NO/c1-10(11-6-3-2-4-7-11)17-13-12(18)8-5-9-14(13,15)16/h2-4,6-7,10,12-13,17-18H,5,8-9H2,1H3/t10?,12-,13-/m0/s1. The Hall–Kier alpha value is -1.00. The van der Waals surface area contributed by atoms with E-state index in [1.807, 2.05) is 37.3 Å². The van der Waals surface area contributed by atoms with E-state index >= 15 is 0 Å². The topological polar surface area (TPSA) is 32.3 Å². The molecule has 1 aromatic carbocycles. The summed E-state index contributed by atoms with van der Waals surface area (Å²) in [6, 6.07) is 8.08. The Kier molecular flexibility index (Phi) is 3.97. The van der Waals surface area contributed by atoms with Crippen LogP contribution in [0.25, 0.3) is 0 Å². The summed E-state index contributed by atoms with van der Waals surface area (Å²) in [6.45, 7) is 1.84. The number of halogens is 2. The Morgan fingerprint density at radius 2 is 2.00 bits per heavy atom. The van der Waals surface area contributed by atoms with Crippen LogP contribution in [0.1, 0.15) is 37.8 Å². The zero-order chi connectivity index (χ0) is 13.2. The average Bonchev–Trinajstić information content (AvgIpc) is 2.34. The largest absolute Gasteiger partial charge is 0.391 e. The van der Waals surface area contributed by atoms with Crippen molar-refractivity contribution in [3.05, 3.63) is 35.9 Å². The summed E-state index contributed by atoms with van der Waals surface area (Å²) in [5.74, 6) is -2.83. The van der Waals surface area contributed by atoms with Gasteiger partial charge in [0.15, 0.2) is 0 Å². The zero-order valence-corrected chi connectivity index (χ0v) is 10.4. The van der Waals surface area contributed by atoms with Crippen molar-refractivity contribution in [3.8, 4) is 0 Å². The fourth-order valence-electron chi connectivity index (χ4n) is 2.49. The second-order valence-electron chi connectivity index (χ2n) is 5.00. The molecule has 1 aromatic rings. The summed E-state index contributed by atoms with van der Waals surface area (Å²) < 4.78 is 27.5. The maximum Gasteiger partial charge on any atom is 0.265 e. The van der Waals surface area contributed by atoms with E-state index in [-0.39, 0.29) is 12.5 Å². The van der Waals surface area contributed by atoms with Crippen LogP contribution in [0.5, 0.6) is 0 Å². The molecule has 2 nitrogen and oxygen atoms in total. The molecule has 2 N–H and O–H groups in total. The molecule has 0 saturated heterocycles. The van der Waals surface area contributed by atoms with Crippen molar-refractivity contribution in [1.82, 2.24) is 5.32 Å². The van der Waals surface area contributed by atoms with Crippen molar-refractivity contribution in [2.75, 3.05) is 0 Å². The first-order chi connectivity index (χ1) is 8.50. The fourth-order valence-corrected chi connectivity index (χ4v) is 2.49. The van der Waals surface area contributed by atoms with Gasteiger partial charge in [-0.2, -0.15) is 0 Å². The summed E-state index contributed by atoms with van der Waals surface area (Å²) in [6.07, 6.45) is -0.302. The molecule has 0 amide bonds.